The summed E-state index contributed by atoms with van der Waals surface area (Å²) in [6.45, 7) is 1.87. The van der Waals surface area contributed by atoms with Gasteiger partial charge in [0, 0.05) is 11.1 Å². The molecule has 0 aliphatic rings. The zero-order valence-corrected chi connectivity index (χ0v) is 15.0. The van der Waals surface area contributed by atoms with Crippen LogP contribution in [0.3, 0.4) is 0 Å². The van der Waals surface area contributed by atoms with Crippen molar-refractivity contribution < 1.29 is 9.18 Å². The number of fused-ring (bicyclic) bond motifs is 1. The van der Waals surface area contributed by atoms with E-state index in [1.165, 1.54) is 23.5 Å². The molecule has 0 atom stereocenters. The maximum absolute atomic E-state index is 13.2. The van der Waals surface area contributed by atoms with Crippen LogP contribution >= 0.6 is 11.3 Å². The first-order valence-electron chi connectivity index (χ1n) is 8.12. The number of rotatable bonds is 3. The molecule has 0 aliphatic heterocycles. The Balaban J connectivity index is 1.69. The number of halogens is 1. The molecule has 0 fully saturated rings. The van der Waals surface area contributed by atoms with Gasteiger partial charge in [-0.1, -0.05) is 6.07 Å². The van der Waals surface area contributed by atoms with Crippen molar-refractivity contribution in [3.05, 3.63) is 76.5 Å². The first-order chi connectivity index (χ1) is 13.0. The van der Waals surface area contributed by atoms with Gasteiger partial charge >= 0.3 is 0 Å². The van der Waals surface area contributed by atoms with Crippen LogP contribution in [-0.4, -0.2) is 15.7 Å². The Bertz CT molecular complexity index is 1200. The van der Waals surface area contributed by atoms with Crippen LogP contribution < -0.4 is 5.32 Å². The molecule has 4 rings (SSSR count). The van der Waals surface area contributed by atoms with Gasteiger partial charge in [0.2, 0.25) is 0 Å². The highest BCUT2D eigenvalue weighted by Crippen LogP contribution is 2.31. The van der Waals surface area contributed by atoms with Crippen LogP contribution in [-0.2, 0) is 0 Å². The van der Waals surface area contributed by atoms with Gasteiger partial charge in [0.05, 0.1) is 27.9 Å². The minimum Gasteiger partial charge on any atom is -0.321 e. The third kappa shape index (κ3) is 3.18. The predicted molar refractivity (Wildman–Crippen MR) is 103 cm³/mol. The van der Waals surface area contributed by atoms with Crippen LogP contribution in [0.4, 0.5) is 10.1 Å². The monoisotopic (exact) mass is 376 g/mol. The number of nitrogens with one attached hydrogen (secondary N) is 1. The molecule has 1 N–H and O–H groups in total. The number of nitriles is 1. The average Bonchev–Trinajstić information content (AvgIpc) is 3.24. The van der Waals surface area contributed by atoms with Gasteiger partial charge in [0.25, 0.3) is 5.91 Å². The number of hydrogen-bond donors (Lipinski definition) is 1. The molecule has 0 unspecified atom stereocenters. The molecule has 1 amide bonds. The molecule has 132 valence electrons. The third-order valence-electron chi connectivity index (χ3n) is 4.09. The summed E-state index contributed by atoms with van der Waals surface area (Å²) >= 11 is 1.31. The van der Waals surface area contributed by atoms with Crippen LogP contribution in [0.25, 0.3) is 15.9 Å². The number of benzene rings is 2. The van der Waals surface area contributed by atoms with Crippen LogP contribution in [0.2, 0.25) is 0 Å². The zero-order chi connectivity index (χ0) is 19.0. The highest BCUT2D eigenvalue weighted by molar-refractivity contribution is 7.20. The van der Waals surface area contributed by atoms with E-state index in [9.17, 15) is 9.18 Å². The molecular formula is C20H13FN4OS. The highest BCUT2D eigenvalue weighted by atomic mass is 32.1. The molecule has 0 bridgehead atoms. The molecule has 2 heterocycles. The third-order valence-corrected chi connectivity index (χ3v) is 5.20. The van der Waals surface area contributed by atoms with Gasteiger partial charge in [0.15, 0.2) is 0 Å². The van der Waals surface area contributed by atoms with Crippen LogP contribution in [0, 0.1) is 24.1 Å². The summed E-state index contributed by atoms with van der Waals surface area (Å²) in [7, 11) is 0. The number of aryl methyl sites for hydroxylation is 1. The Morgan fingerprint density at radius 1 is 1.22 bits per heavy atom. The lowest BCUT2D eigenvalue weighted by molar-refractivity contribution is 0.103. The number of thiophene rings is 1. The lowest BCUT2D eigenvalue weighted by Gasteiger charge is -2.04. The van der Waals surface area contributed by atoms with Crippen LogP contribution in [0.5, 0.6) is 0 Å². The van der Waals surface area contributed by atoms with Crippen molar-refractivity contribution in [3.63, 3.8) is 0 Å². The molecule has 0 saturated carbocycles. The summed E-state index contributed by atoms with van der Waals surface area (Å²) in [5, 5.41) is 17.2. The minimum atomic E-state index is -0.315. The Morgan fingerprint density at radius 3 is 2.74 bits per heavy atom. The standard InChI is InChI=1S/C20H13FN4OS/c1-12-17-10-18(19(26)23-15-4-2-3-13(9-15)11-22)27-20(17)25(24-12)16-7-5-14(21)6-8-16/h2-10H,1H3,(H,23,26). The van der Waals surface area contributed by atoms with Gasteiger partial charge in [-0.25, -0.2) is 9.07 Å². The van der Waals surface area contributed by atoms with Gasteiger partial charge in [-0.3, -0.25) is 4.79 Å². The number of nitrogens with zero attached hydrogens (tertiary/aromatic N) is 3. The summed E-state index contributed by atoms with van der Waals surface area (Å²) < 4.78 is 14.9. The first kappa shape index (κ1) is 16.9. The predicted octanol–water partition coefficient (Wildman–Crippen LogP) is 4.66. The lowest BCUT2D eigenvalue weighted by atomic mass is 10.2. The van der Waals surface area contributed by atoms with Crippen molar-refractivity contribution in [3.8, 4) is 11.8 Å². The van der Waals surface area contributed by atoms with Gasteiger partial charge in [-0.05, 0) is 55.5 Å². The number of anilines is 1. The molecule has 0 radical (unpaired) electrons. The fourth-order valence-electron chi connectivity index (χ4n) is 2.78. The number of carbonyl (C=O) groups is 1. The topological polar surface area (TPSA) is 70.7 Å². The first-order valence-corrected chi connectivity index (χ1v) is 8.93. The smallest absolute Gasteiger partial charge is 0.265 e. The van der Waals surface area contributed by atoms with Crippen molar-refractivity contribution in [2.75, 3.05) is 5.32 Å². The highest BCUT2D eigenvalue weighted by Gasteiger charge is 2.17. The molecule has 2 aromatic carbocycles. The van der Waals surface area contributed by atoms with E-state index >= 15 is 0 Å². The molecular weight excluding hydrogens is 363 g/mol. The summed E-state index contributed by atoms with van der Waals surface area (Å²) in [6, 6.07) is 16.6. The van der Waals surface area contributed by atoms with Gasteiger partial charge in [-0.15, -0.1) is 11.3 Å². The van der Waals surface area contributed by atoms with E-state index in [1.807, 2.05) is 13.0 Å². The quantitative estimate of drug-likeness (QED) is 0.565. The lowest BCUT2D eigenvalue weighted by Crippen LogP contribution is -2.10. The summed E-state index contributed by atoms with van der Waals surface area (Å²) in [6.07, 6.45) is 0. The van der Waals surface area contributed by atoms with E-state index in [1.54, 1.807) is 47.1 Å². The summed E-state index contributed by atoms with van der Waals surface area (Å²) in [5.74, 6) is -0.568. The van der Waals surface area contributed by atoms with Gasteiger partial charge in [-0.2, -0.15) is 10.4 Å². The SMILES string of the molecule is Cc1nn(-c2ccc(F)cc2)c2sc(C(=O)Nc3cccc(C#N)c3)cc12. The van der Waals surface area contributed by atoms with Gasteiger partial charge < -0.3 is 5.32 Å². The Morgan fingerprint density at radius 2 is 2.00 bits per heavy atom. The molecule has 4 aromatic rings. The van der Waals surface area contributed by atoms with E-state index in [2.05, 4.69) is 10.4 Å². The van der Waals surface area contributed by atoms with E-state index < -0.39 is 0 Å². The second-order valence-electron chi connectivity index (χ2n) is 5.95. The number of carbonyl (C=O) groups excluding carboxylic acids is 1. The van der Waals surface area contributed by atoms with E-state index in [0.717, 1.165) is 21.6 Å². The summed E-state index contributed by atoms with van der Waals surface area (Å²) in [4.78, 5) is 14.0. The summed E-state index contributed by atoms with van der Waals surface area (Å²) in [5.41, 5.74) is 2.56. The fourth-order valence-corrected chi connectivity index (χ4v) is 3.85. The molecule has 0 spiro atoms. The Kier molecular flexibility index (Phi) is 4.18. The largest absolute Gasteiger partial charge is 0.321 e. The van der Waals surface area contributed by atoms with Gasteiger partial charge in [0.1, 0.15) is 10.6 Å². The minimum absolute atomic E-state index is 0.253. The molecule has 0 aliphatic carbocycles. The maximum atomic E-state index is 13.2. The Hall–Kier alpha value is -3.50. The zero-order valence-electron chi connectivity index (χ0n) is 14.2. The van der Waals surface area contributed by atoms with Crippen LogP contribution in [0.15, 0.2) is 54.6 Å². The van der Waals surface area contributed by atoms with Crippen molar-refractivity contribution in [2.24, 2.45) is 0 Å². The normalized spacial score (nSPS) is 10.7. The van der Waals surface area contributed by atoms with Crippen molar-refractivity contribution in [2.45, 2.75) is 6.92 Å². The average molecular weight is 376 g/mol. The van der Waals surface area contributed by atoms with E-state index in [4.69, 9.17) is 5.26 Å². The molecule has 27 heavy (non-hydrogen) atoms. The van der Waals surface area contributed by atoms with E-state index in [0.29, 0.717) is 16.1 Å². The molecule has 2 aromatic heterocycles. The van der Waals surface area contributed by atoms with Crippen molar-refractivity contribution in [1.82, 2.24) is 9.78 Å². The molecule has 7 heteroatoms. The molecule has 5 nitrogen and oxygen atoms in total. The Labute approximate surface area is 158 Å². The van der Waals surface area contributed by atoms with E-state index in [-0.39, 0.29) is 11.7 Å². The number of hydrogen-bond acceptors (Lipinski definition) is 4. The second-order valence-corrected chi connectivity index (χ2v) is 6.98. The fraction of sp³-hybridized carbons (Fsp3) is 0.0500. The maximum Gasteiger partial charge on any atom is 0.265 e. The number of amides is 1. The van der Waals surface area contributed by atoms with Crippen molar-refractivity contribution >= 4 is 33.1 Å². The van der Waals surface area contributed by atoms with Crippen LogP contribution in [0.1, 0.15) is 20.9 Å². The number of aromatic nitrogens is 2. The van der Waals surface area contributed by atoms with Crippen molar-refractivity contribution in [1.29, 1.82) is 5.26 Å². The molecule has 0 saturated heterocycles. The second kappa shape index (κ2) is 6.67.